The molecule has 0 spiro atoms. The number of nitrogens with one attached hydrogen (secondary N) is 1. The zero-order chi connectivity index (χ0) is 12.3. The highest BCUT2D eigenvalue weighted by molar-refractivity contribution is 7.13. The van der Waals surface area contributed by atoms with Crippen molar-refractivity contribution in [3.05, 3.63) is 11.1 Å². The molecule has 1 aromatic rings. The lowest BCUT2D eigenvalue weighted by Gasteiger charge is -2.23. The molecule has 1 atom stereocenters. The van der Waals surface area contributed by atoms with Crippen molar-refractivity contribution < 1.29 is 0 Å². The Hall–Kier alpha value is -0.610. The van der Waals surface area contributed by atoms with Gasteiger partial charge in [0.1, 0.15) is 0 Å². The second-order valence-electron chi connectivity index (χ2n) is 4.99. The van der Waals surface area contributed by atoms with E-state index in [1.807, 2.05) is 0 Å². The Bertz CT molecular complexity index is 346. The number of hydrogen-bond donors (Lipinski definition) is 1. The molecular formula is C13H23N3S. The summed E-state index contributed by atoms with van der Waals surface area (Å²) in [4.78, 5) is 7.03. The summed E-state index contributed by atoms with van der Waals surface area (Å²) in [6.45, 7) is 6.47. The van der Waals surface area contributed by atoms with E-state index in [0.29, 0.717) is 6.04 Å². The molecule has 1 fully saturated rings. The van der Waals surface area contributed by atoms with E-state index in [-0.39, 0.29) is 0 Å². The quantitative estimate of drug-likeness (QED) is 0.757. The highest BCUT2D eigenvalue weighted by atomic mass is 32.1. The van der Waals surface area contributed by atoms with Gasteiger partial charge in [-0.3, -0.25) is 0 Å². The van der Waals surface area contributed by atoms with E-state index in [2.05, 4.69) is 36.5 Å². The first-order valence-electron chi connectivity index (χ1n) is 6.60. The molecule has 1 N–H and O–H groups in total. The van der Waals surface area contributed by atoms with Crippen LogP contribution in [0, 0.1) is 5.92 Å². The van der Waals surface area contributed by atoms with Crippen molar-refractivity contribution in [1.82, 2.24) is 10.3 Å². The van der Waals surface area contributed by atoms with Crippen LogP contribution in [0.25, 0.3) is 0 Å². The van der Waals surface area contributed by atoms with Crippen molar-refractivity contribution in [2.24, 2.45) is 5.92 Å². The predicted octanol–water partition coefficient (Wildman–Crippen LogP) is 2.88. The molecule has 0 aliphatic heterocycles. The standard InChI is InChI=1S/C13H23N3S/c1-4-7-14-8-12-9-17-13(15-12)16(3)10(2)11-5-6-11/h9-11,14H,4-8H2,1-3H3. The molecular weight excluding hydrogens is 230 g/mol. The molecule has 0 amide bonds. The first-order chi connectivity index (χ1) is 8.22. The van der Waals surface area contributed by atoms with Crippen LogP contribution in [-0.4, -0.2) is 24.6 Å². The second kappa shape index (κ2) is 5.83. The minimum Gasteiger partial charge on any atom is -0.348 e. The average molecular weight is 253 g/mol. The molecule has 4 heteroatoms. The maximum absolute atomic E-state index is 4.70. The molecule has 0 bridgehead atoms. The fourth-order valence-corrected chi connectivity index (χ4v) is 2.88. The van der Waals surface area contributed by atoms with Gasteiger partial charge in [0.25, 0.3) is 0 Å². The third-order valence-electron chi connectivity index (χ3n) is 3.49. The van der Waals surface area contributed by atoms with Crippen LogP contribution in [0.5, 0.6) is 0 Å². The van der Waals surface area contributed by atoms with Gasteiger partial charge in [-0.25, -0.2) is 4.98 Å². The van der Waals surface area contributed by atoms with Crippen LogP contribution in [0.2, 0.25) is 0 Å². The normalized spacial score (nSPS) is 17.1. The Balaban J connectivity index is 1.87. The molecule has 0 aromatic carbocycles. The molecule has 0 saturated heterocycles. The Morgan fingerprint density at radius 2 is 2.35 bits per heavy atom. The second-order valence-corrected chi connectivity index (χ2v) is 5.82. The minimum absolute atomic E-state index is 0.637. The van der Waals surface area contributed by atoms with Crippen LogP contribution in [0.4, 0.5) is 5.13 Å². The number of nitrogens with zero attached hydrogens (tertiary/aromatic N) is 2. The fraction of sp³-hybridized carbons (Fsp3) is 0.769. The molecule has 1 aliphatic rings. The lowest BCUT2D eigenvalue weighted by Crippen LogP contribution is -2.30. The summed E-state index contributed by atoms with van der Waals surface area (Å²) in [5, 5.41) is 6.73. The SMILES string of the molecule is CCCNCc1csc(N(C)C(C)C2CC2)n1. The summed E-state index contributed by atoms with van der Waals surface area (Å²) in [6.07, 6.45) is 3.96. The molecule has 17 heavy (non-hydrogen) atoms. The maximum atomic E-state index is 4.70. The summed E-state index contributed by atoms with van der Waals surface area (Å²) in [7, 11) is 2.17. The molecule has 1 aliphatic carbocycles. The van der Waals surface area contributed by atoms with Crippen LogP contribution >= 0.6 is 11.3 Å². The van der Waals surface area contributed by atoms with Gasteiger partial charge in [-0.15, -0.1) is 11.3 Å². The number of thiazole rings is 1. The molecule has 1 saturated carbocycles. The molecule has 2 rings (SSSR count). The molecule has 1 aromatic heterocycles. The van der Waals surface area contributed by atoms with E-state index in [0.717, 1.165) is 24.1 Å². The van der Waals surface area contributed by atoms with Crippen molar-refractivity contribution in [3.8, 4) is 0 Å². The number of hydrogen-bond acceptors (Lipinski definition) is 4. The van der Waals surface area contributed by atoms with E-state index in [1.165, 1.54) is 25.0 Å². The van der Waals surface area contributed by atoms with E-state index >= 15 is 0 Å². The summed E-state index contributed by atoms with van der Waals surface area (Å²) in [6, 6.07) is 0.637. The zero-order valence-electron chi connectivity index (χ0n) is 11.1. The maximum Gasteiger partial charge on any atom is 0.185 e. The lowest BCUT2D eigenvalue weighted by atomic mass is 10.2. The number of aromatic nitrogens is 1. The van der Waals surface area contributed by atoms with Gasteiger partial charge >= 0.3 is 0 Å². The Kier molecular flexibility index (Phi) is 4.40. The highest BCUT2D eigenvalue weighted by Gasteiger charge is 2.31. The molecule has 3 nitrogen and oxygen atoms in total. The molecule has 1 unspecified atom stereocenters. The third-order valence-corrected chi connectivity index (χ3v) is 4.47. The summed E-state index contributed by atoms with van der Waals surface area (Å²) < 4.78 is 0. The molecule has 0 radical (unpaired) electrons. The van der Waals surface area contributed by atoms with Gasteiger partial charge in [-0.2, -0.15) is 0 Å². The van der Waals surface area contributed by atoms with Gasteiger partial charge in [-0.05, 0) is 38.6 Å². The van der Waals surface area contributed by atoms with Gasteiger partial charge in [0.2, 0.25) is 0 Å². The van der Waals surface area contributed by atoms with E-state index in [4.69, 9.17) is 4.98 Å². The van der Waals surface area contributed by atoms with Crippen molar-refractivity contribution in [3.63, 3.8) is 0 Å². The van der Waals surface area contributed by atoms with Gasteiger partial charge in [0.05, 0.1) is 5.69 Å². The largest absolute Gasteiger partial charge is 0.348 e. The zero-order valence-corrected chi connectivity index (χ0v) is 11.9. The van der Waals surface area contributed by atoms with Crippen molar-refractivity contribution in [2.75, 3.05) is 18.5 Å². The van der Waals surface area contributed by atoms with Crippen LogP contribution in [0.3, 0.4) is 0 Å². The van der Waals surface area contributed by atoms with Gasteiger partial charge in [0, 0.05) is 25.0 Å². The predicted molar refractivity (Wildman–Crippen MR) is 74.7 cm³/mol. The van der Waals surface area contributed by atoms with E-state index in [1.54, 1.807) is 11.3 Å². The van der Waals surface area contributed by atoms with Crippen LogP contribution in [0.1, 0.15) is 38.8 Å². The van der Waals surface area contributed by atoms with Crippen LogP contribution < -0.4 is 10.2 Å². The minimum atomic E-state index is 0.637. The topological polar surface area (TPSA) is 28.2 Å². The summed E-state index contributed by atoms with van der Waals surface area (Å²) >= 11 is 1.76. The Morgan fingerprint density at radius 3 is 3.00 bits per heavy atom. The molecule has 1 heterocycles. The highest BCUT2D eigenvalue weighted by Crippen LogP contribution is 2.36. The van der Waals surface area contributed by atoms with Crippen molar-refractivity contribution in [1.29, 1.82) is 0 Å². The lowest BCUT2D eigenvalue weighted by molar-refractivity contribution is 0.606. The van der Waals surface area contributed by atoms with Crippen molar-refractivity contribution >= 4 is 16.5 Å². The van der Waals surface area contributed by atoms with Crippen LogP contribution in [0.15, 0.2) is 5.38 Å². The summed E-state index contributed by atoms with van der Waals surface area (Å²) in [5.74, 6) is 0.894. The average Bonchev–Trinajstić information content (AvgIpc) is 3.08. The summed E-state index contributed by atoms with van der Waals surface area (Å²) in [5.41, 5.74) is 1.17. The number of rotatable bonds is 7. The smallest absolute Gasteiger partial charge is 0.185 e. The fourth-order valence-electron chi connectivity index (χ4n) is 2.00. The molecule has 96 valence electrons. The Labute approximate surface area is 108 Å². The number of anilines is 1. The van der Waals surface area contributed by atoms with Crippen LogP contribution in [-0.2, 0) is 6.54 Å². The third kappa shape index (κ3) is 3.42. The Morgan fingerprint density at radius 1 is 1.59 bits per heavy atom. The van der Waals surface area contributed by atoms with E-state index in [9.17, 15) is 0 Å². The van der Waals surface area contributed by atoms with Gasteiger partial charge in [0.15, 0.2) is 5.13 Å². The first-order valence-corrected chi connectivity index (χ1v) is 7.48. The van der Waals surface area contributed by atoms with Crippen molar-refractivity contribution in [2.45, 2.75) is 45.7 Å². The van der Waals surface area contributed by atoms with Gasteiger partial charge < -0.3 is 10.2 Å². The monoisotopic (exact) mass is 253 g/mol. The van der Waals surface area contributed by atoms with Gasteiger partial charge in [-0.1, -0.05) is 6.92 Å². The van der Waals surface area contributed by atoms with E-state index < -0.39 is 0 Å². The first kappa shape index (κ1) is 12.8.